The summed E-state index contributed by atoms with van der Waals surface area (Å²) in [5.74, 6) is 1.30. The highest BCUT2D eigenvalue weighted by molar-refractivity contribution is 5.94. The van der Waals surface area contributed by atoms with Gasteiger partial charge in [-0.15, -0.1) is 12.4 Å². The third-order valence-corrected chi connectivity index (χ3v) is 3.75. The van der Waals surface area contributed by atoms with Crippen molar-refractivity contribution in [2.75, 3.05) is 19.5 Å². The van der Waals surface area contributed by atoms with E-state index in [0.29, 0.717) is 17.2 Å². The second-order valence-electron chi connectivity index (χ2n) is 5.18. The van der Waals surface area contributed by atoms with Crippen LogP contribution in [-0.2, 0) is 4.79 Å². The maximum absolute atomic E-state index is 12.3. The molecule has 0 radical (unpaired) electrons. The first-order valence-corrected chi connectivity index (χ1v) is 6.92. The summed E-state index contributed by atoms with van der Waals surface area (Å²) < 4.78 is 10.4. The molecule has 0 spiro atoms. The molecule has 118 valence electrons. The van der Waals surface area contributed by atoms with Crippen LogP contribution < -0.4 is 20.5 Å². The number of rotatable bonds is 4. The Hall–Kier alpha value is -1.46. The lowest BCUT2D eigenvalue weighted by molar-refractivity contribution is -0.120. The van der Waals surface area contributed by atoms with Crippen LogP contribution in [-0.4, -0.2) is 26.2 Å². The molecule has 0 aromatic heterocycles. The van der Waals surface area contributed by atoms with Gasteiger partial charge in [-0.3, -0.25) is 4.79 Å². The van der Waals surface area contributed by atoms with Crippen molar-refractivity contribution in [3.05, 3.63) is 18.2 Å². The number of hydrogen-bond donors (Lipinski definition) is 2. The van der Waals surface area contributed by atoms with Crippen molar-refractivity contribution in [1.29, 1.82) is 0 Å². The van der Waals surface area contributed by atoms with Crippen LogP contribution in [0.15, 0.2) is 18.2 Å². The van der Waals surface area contributed by atoms with Crippen LogP contribution in [0.25, 0.3) is 0 Å². The minimum absolute atomic E-state index is 0. The molecule has 1 fully saturated rings. The summed E-state index contributed by atoms with van der Waals surface area (Å²) in [5, 5.41) is 2.93. The lowest BCUT2D eigenvalue weighted by Gasteiger charge is -2.26. The maximum Gasteiger partial charge on any atom is 0.227 e. The molecule has 0 aliphatic heterocycles. The van der Waals surface area contributed by atoms with Crippen molar-refractivity contribution < 1.29 is 14.3 Å². The molecule has 0 bridgehead atoms. The lowest BCUT2D eigenvalue weighted by Crippen LogP contribution is -2.34. The highest BCUT2D eigenvalue weighted by Gasteiger charge is 2.25. The van der Waals surface area contributed by atoms with Crippen LogP contribution in [0.5, 0.6) is 11.5 Å². The fourth-order valence-corrected chi connectivity index (χ4v) is 2.60. The number of ether oxygens (including phenoxy) is 2. The Kier molecular flexibility index (Phi) is 6.78. The molecule has 2 rings (SSSR count). The first-order chi connectivity index (χ1) is 9.63. The minimum atomic E-state index is -0.00874. The molecule has 0 saturated heterocycles. The van der Waals surface area contributed by atoms with Gasteiger partial charge in [-0.2, -0.15) is 0 Å². The molecule has 2 unspecified atom stereocenters. The Bertz CT molecular complexity index is 482. The summed E-state index contributed by atoms with van der Waals surface area (Å²) in [6.07, 6.45) is 3.68. The SMILES string of the molecule is COc1ccc(NC(=O)C2CCCC(N)C2)c(OC)c1.Cl. The molecule has 1 aliphatic carbocycles. The summed E-state index contributed by atoms with van der Waals surface area (Å²) in [7, 11) is 3.16. The molecule has 21 heavy (non-hydrogen) atoms. The molecular formula is C15H23ClN2O3. The molecule has 0 heterocycles. The quantitative estimate of drug-likeness (QED) is 0.896. The van der Waals surface area contributed by atoms with Gasteiger partial charge in [0.15, 0.2) is 0 Å². The zero-order chi connectivity index (χ0) is 14.5. The number of anilines is 1. The summed E-state index contributed by atoms with van der Waals surface area (Å²) >= 11 is 0. The highest BCUT2D eigenvalue weighted by atomic mass is 35.5. The minimum Gasteiger partial charge on any atom is -0.497 e. The molecular weight excluding hydrogens is 292 g/mol. The predicted octanol–water partition coefficient (Wildman–Crippen LogP) is 2.58. The Morgan fingerprint density at radius 2 is 2.05 bits per heavy atom. The monoisotopic (exact) mass is 314 g/mol. The topological polar surface area (TPSA) is 73.6 Å². The second kappa shape index (κ2) is 8.10. The zero-order valence-corrected chi connectivity index (χ0v) is 13.2. The Balaban J connectivity index is 0.00000220. The molecule has 6 heteroatoms. The van der Waals surface area contributed by atoms with Crippen LogP contribution in [0.1, 0.15) is 25.7 Å². The third kappa shape index (κ3) is 4.51. The predicted molar refractivity (Wildman–Crippen MR) is 85.4 cm³/mol. The standard InChI is InChI=1S/C15H22N2O3.ClH/c1-19-12-6-7-13(14(9-12)20-2)17-15(18)10-4-3-5-11(16)8-10;/h6-7,9-11H,3-5,8,16H2,1-2H3,(H,17,18);1H. The van der Waals surface area contributed by atoms with Crippen LogP contribution in [0.3, 0.4) is 0 Å². The van der Waals surface area contributed by atoms with Gasteiger partial charge in [-0.25, -0.2) is 0 Å². The number of carbonyl (C=O) groups excluding carboxylic acids is 1. The molecule has 1 saturated carbocycles. The van der Waals surface area contributed by atoms with Gasteiger partial charge in [-0.1, -0.05) is 6.42 Å². The molecule has 1 aromatic carbocycles. The van der Waals surface area contributed by atoms with Crippen molar-refractivity contribution in [3.63, 3.8) is 0 Å². The van der Waals surface area contributed by atoms with Crippen molar-refractivity contribution >= 4 is 24.0 Å². The molecule has 1 aliphatic rings. The number of hydrogen-bond acceptors (Lipinski definition) is 4. The number of nitrogens with two attached hydrogens (primary N) is 1. The van der Waals surface area contributed by atoms with Crippen molar-refractivity contribution in [2.24, 2.45) is 11.7 Å². The second-order valence-corrected chi connectivity index (χ2v) is 5.18. The van der Waals surface area contributed by atoms with Crippen LogP contribution in [0, 0.1) is 5.92 Å². The highest BCUT2D eigenvalue weighted by Crippen LogP contribution is 2.31. The first kappa shape index (κ1) is 17.6. The van der Waals surface area contributed by atoms with Gasteiger partial charge in [0.25, 0.3) is 0 Å². The van der Waals surface area contributed by atoms with E-state index in [1.165, 1.54) is 0 Å². The molecule has 2 atom stereocenters. The number of amides is 1. The Morgan fingerprint density at radius 1 is 1.29 bits per heavy atom. The molecule has 1 aromatic rings. The van der Waals surface area contributed by atoms with E-state index in [4.69, 9.17) is 15.2 Å². The summed E-state index contributed by atoms with van der Waals surface area (Å²) in [5.41, 5.74) is 6.59. The van der Waals surface area contributed by atoms with E-state index in [1.54, 1.807) is 32.4 Å². The maximum atomic E-state index is 12.3. The largest absolute Gasteiger partial charge is 0.497 e. The number of halogens is 1. The van der Waals surface area contributed by atoms with Gasteiger partial charge in [-0.05, 0) is 31.4 Å². The van der Waals surface area contributed by atoms with Gasteiger partial charge < -0.3 is 20.5 Å². The average molecular weight is 315 g/mol. The Labute approximate surface area is 131 Å². The average Bonchev–Trinajstić information content (AvgIpc) is 2.47. The van der Waals surface area contributed by atoms with Gasteiger partial charge in [0.2, 0.25) is 5.91 Å². The van der Waals surface area contributed by atoms with E-state index < -0.39 is 0 Å². The van der Waals surface area contributed by atoms with Crippen LogP contribution in [0.2, 0.25) is 0 Å². The fraction of sp³-hybridized carbons (Fsp3) is 0.533. The number of nitrogens with one attached hydrogen (secondary N) is 1. The lowest BCUT2D eigenvalue weighted by atomic mass is 9.85. The Morgan fingerprint density at radius 3 is 2.67 bits per heavy atom. The van der Waals surface area contributed by atoms with E-state index in [2.05, 4.69) is 5.32 Å². The first-order valence-electron chi connectivity index (χ1n) is 6.92. The third-order valence-electron chi connectivity index (χ3n) is 3.75. The van der Waals surface area contributed by atoms with E-state index in [0.717, 1.165) is 25.7 Å². The van der Waals surface area contributed by atoms with Crippen LogP contribution in [0.4, 0.5) is 5.69 Å². The summed E-state index contributed by atoms with van der Waals surface area (Å²) in [6.45, 7) is 0. The summed E-state index contributed by atoms with van der Waals surface area (Å²) in [6, 6.07) is 5.47. The molecule has 3 N–H and O–H groups in total. The fourth-order valence-electron chi connectivity index (χ4n) is 2.60. The number of methoxy groups -OCH3 is 2. The summed E-state index contributed by atoms with van der Waals surface area (Å²) in [4.78, 5) is 12.3. The van der Waals surface area contributed by atoms with Crippen LogP contribution >= 0.6 is 12.4 Å². The van der Waals surface area contributed by atoms with Gasteiger partial charge in [0.1, 0.15) is 11.5 Å². The van der Waals surface area contributed by atoms with Crippen molar-refractivity contribution in [3.8, 4) is 11.5 Å². The van der Waals surface area contributed by atoms with Crippen molar-refractivity contribution in [1.82, 2.24) is 0 Å². The van der Waals surface area contributed by atoms with E-state index in [1.807, 2.05) is 0 Å². The van der Waals surface area contributed by atoms with Gasteiger partial charge in [0.05, 0.1) is 19.9 Å². The van der Waals surface area contributed by atoms with E-state index in [-0.39, 0.29) is 30.3 Å². The number of carbonyl (C=O) groups is 1. The molecule has 5 nitrogen and oxygen atoms in total. The van der Waals surface area contributed by atoms with E-state index in [9.17, 15) is 4.79 Å². The molecule has 1 amide bonds. The number of benzene rings is 1. The van der Waals surface area contributed by atoms with Gasteiger partial charge >= 0.3 is 0 Å². The van der Waals surface area contributed by atoms with Crippen molar-refractivity contribution in [2.45, 2.75) is 31.7 Å². The zero-order valence-electron chi connectivity index (χ0n) is 12.4. The van der Waals surface area contributed by atoms with Gasteiger partial charge in [0, 0.05) is 18.0 Å². The normalized spacial score (nSPS) is 21.1. The smallest absolute Gasteiger partial charge is 0.227 e. The van der Waals surface area contributed by atoms with E-state index >= 15 is 0 Å².